The third kappa shape index (κ3) is 11.8. The summed E-state index contributed by atoms with van der Waals surface area (Å²) in [6.07, 6.45) is 8.61. The Morgan fingerprint density at radius 3 is 2.29 bits per heavy atom. The van der Waals surface area contributed by atoms with Gasteiger partial charge in [-0.2, -0.15) is 0 Å². The first kappa shape index (κ1) is 20.3. The number of hydrogen-bond acceptors (Lipinski definition) is 3. The number of carbonyl (C=O) groups excluding carboxylic acids is 1. The van der Waals surface area contributed by atoms with Crippen molar-refractivity contribution in [2.45, 2.75) is 44.1 Å². The second-order valence-electron chi connectivity index (χ2n) is 4.64. The number of rotatable bonds is 8. The zero-order valence-electron chi connectivity index (χ0n) is 11.4. The Kier molecular flexibility index (Phi) is 14.4. The molecule has 0 aromatic heterocycles. The SMILES string of the molecule is CC(C)CCCCCOC(=O)C(S)[S+](C)C.[Sn]. The molecule has 0 heterocycles. The molecule has 0 aliphatic carbocycles. The molecule has 0 aromatic rings. The summed E-state index contributed by atoms with van der Waals surface area (Å²) in [6.45, 7) is 5.01. The van der Waals surface area contributed by atoms with Gasteiger partial charge in [0.1, 0.15) is 0 Å². The van der Waals surface area contributed by atoms with Crippen molar-refractivity contribution in [2.75, 3.05) is 19.1 Å². The van der Waals surface area contributed by atoms with Crippen molar-refractivity contribution in [1.82, 2.24) is 0 Å². The van der Waals surface area contributed by atoms with Crippen LogP contribution in [-0.4, -0.2) is 53.6 Å². The number of carbonyl (C=O) groups is 1. The third-order valence-corrected chi connectivity index (χ3v) is 4.88. The molecule has 0 aliphatic heterocycles. The fourth-order valence-corrected chi connectivity index (χ4v) is 1.80. The molecular formula is C12H25O2S2Sn+. The molecular weight excluding hydrogens is 359 g/mol. The molecule has 0 spiro atoms. The van der Waals surface area contributed by atoms with E-state index in [2.05, 4.69) is 26.5 Å². The van der Waals surface area contributed by atoms with E-state index in [9.17, 15) is 4.79 Å². The van der Waals surface area contributed by atoms with E-state index < -0.39 is 0 Å². The molecule has 17 heavy (non-hydrogen) atoms. The van der Waals surface area contributed by atoms with Gasteiger partial charge < -0.3 is 4.74 Å². The first-order valence-corrected chi connectivity index (χ1v) is 8.48. The van der Waals surface area contributed by atoms with Crippen LogP contribution in [0.15, 0.2) is 0 Å². The summed E-state index contributed by atoms with van der Waals surface area (Å²) >= 11 is 4.23. The summed E-state index contributed by atoms with van der Waals surface area (Å²) < 4.78 is 4.91. The van der Waals surface area contributed by atoms with Gasteiger partial charge in [0.2, 0.25) is 0 Å². The first-order chi connectivity index (χ1) is 7.45. The monoisotopic (exact) mass is 385 g/mol. The molecule has 4 radical (unpaired) electrons. The van der Waals surface area contributed by atoms with E-state index in [0.717, 1.165) is 18.8 Å². The van der Waals surface area contributed by atoms with E-state index in [-0.39, 0.29) is 45.4 Å². The molecule has 0 rings (SSSR count). The van der Waals surface area contributed by atoms with Crippen molar-refractivity contribution in [1.29, 1.82) is 0 Å². The van der Waals surface area contributed by atoms with Crippen LogP contribution < -0.4 is 0 Å². The summed E-state index contributed by atoms with van der Waals surface area (Å²) in [5.41, 5.74) is 0. The maximum atomic E-state index is 11.4. The number of esters is 1. The largest absolute Gasteiger partial charge is 0.461 e. The first-order valence-electron chi connectivity index (χ1n) is 5.86. The molecule has 5 heteroatoms. The molecule has 1 unspecified atom stereocenters. The third-order valence-electron chi connectivity index (χ3n) is 2.32. The van der Waals surface area contributed by atoms with Crippen LogP contribution in [0.5, 0.6) is 0 Å². The summed E-state index contributed by atoms with van der Waals surface area (Å²) in [5.74, 6) is 0.604. The van der Waals surface area contributed by atoms with Gasteiger partial charge in [-0.1, -0.05) is 33.1 Å². The van der Waals surface area contributed by atoms with Crippen molar-refractivity contribution in [3.63, 3.8) is 0 Å². The van der Waals surface area contributed by atoms with Gasteiger partial charge in [0, 0.05) is 34.8 Å². The molecule has 0 N–H and O–H groups in total. The van der Waals surface area contributed by atoms with Crippen LogP contribution in [0.25, 0.3) is 0 Å². The van der Waals surface area contributed by atoms with Crippen molar-refractivity contribution < 1.29 is 9.53 Å². The van der Waals surface area contributed by atoms with E-state index in [1.165, 1.54) is 12.8 Å². The van der Waals surface area contributed by atoms with Gasteiger partial charge in [0.05, 0.1) is 19.1 Å². The number of hydrogen-bond donors (Lipinski definition) is 1. The molecule has 0 fully saturated rings. The van der Waals surface area contributed by atoms with E-state index in [1.54, 1.807) is 0 Å². The van der Waals surface area contributed by atoms with Crippen LogP contribution >= 0.6 is 12.6 Å². The van der Waals surface area contributed by atoms with Gasteiger partial charge in [-0.15, -0.1) is 12.6 Å². The van der Waals surface area contributed by atoms with Gasteiger partial charge in [-0.05, 0) is 12.3 Å². The fraction of sp³-hybridized carbons (Fsp3) is 0.917. The normalized spacial score (nSPS) is 12.4. The van der Waals surface area contributed by atoms with Crippen LogP contribution in [0, 0.1) is 5.92 Å². The number of ether oxygens (including phenoxy) is 1. The minimum absolute atomic E-state index is 0. The Balaban J connectivity index is 0. The predicted octanol–water partition coefficient (Wildman–Crippen LogP) is 2.50. The quantitative estimate of drug-likeness (QED) is 0.229. The number of unbranched alkanes of at least 4 members (excludes halogenated alkanes) is 2. The van der Waals surface area contributed by atoms with Crippen LogP contribution in [0.2, 0.25) is 0 Å². The van der Waals surface area contributed by atoms with Gasteiger partial charge >= 0.3 is 5.97 Å². The van der Waals surface area contributed by atoms with Gasteiger partial charge in [-0.25, -0.2) is 4.79 Å². The Labute approximate surface area is 131 Å². The van der Waals surface area contributed by atoms with Crippen LogP contribution in [0.3, 0.4) is 0 Å². The summed E-state index contributed by atoms with van der Waals surface area (Å²) in [4.78, 5) is 11.4. The Bertz CT molecular complexity index is 199. The minimum Gasteiger partial charge on any atom is -0.461 e. The van der Waals surface area contributed by atoms with Gasteiger partial charge in [-0.3, -0.25) is 0 Å². The molecule has 0 bridgehead atoms. The van der Waals surface area contributed by atoms with Crippen LogP contribution in [-0.2, 0) is 20.4 Å². The van der Waals surface area contributed by atoms with Crippen molar-refractivity contribution in [2.24, 2.45) is 5.92 Å². The van der Waals surface area contributed by atoms with Gasteiger partial charge in [0.15, 0.2) is 0 Å². The topological polar surface area (TPSA) is 26.3 Å². The molecule has 0 aliphatic rings. The summed E-state index contributed by atoms with van der Waals surface area (Å²) in [7, 11) is -0.0158. The number of thiol groups is 1. The fourth-order valence-electron chi connectivity index (χ4n) is 1.27. The zero-order valence-corrected chi connectivity index (χ0v) is 15.9. The Morgan fingerprint density at radius 1 is 1.24 bits per heavy atom. The molecule has 0 saturated carbocycles. The molecule has 0 amide bonds. The van der Waals surface area contributed by atoms with E-state index in [0.29, 0.717) is 6.61 Å². The van der Waals surface area contributed by atoms with E-state index in [4.69, 9.17) is 4.74 Å². The van der Waals surface area contributed by atoms with Crippen molar-refractivity contribution in [3.8, 4) is 0 Å². The standard InChI is InChI=1S/C12H24O2S2.Sn/c1-10(2)8-6-5-7-9-14-11(13)12(15)16(3)4;/h10,12H,5-9H2,1-4H3;/p+1. The van der Waals surface area contributed by atoms with Crippen molar-refractivity contribution >= 4 is 53.4 Å². The van der Waals surface area contributed by atoms with Crippen LogP contribution in [0.4, 0.5) is 0 Å². The van der Waals surface area contributed by atoms with E-state index in [1.807, 2.05) is 12.5 Å². The molecule has 2 nitrogen and oxygen atoms in total. The Hall–Kier alpha value is 0.969. The maximum absolute atomic E-state index is 11.4. The van der Waals surface area contributed by atoms with E-state index >= 15 is 0 Å². The average Bonchev–Trinajstić information content (AvgIpc) is 2.21. The summed E-state index contributed by atoms with van der Waals surface area (Å²) in [5, 5.41) is 0. The predicted molar refractivity (Wildman–Crippen MR) is 82.0 cm³/mol. The maximum Gasteiger partial charge on any atom is 0.370 e. The zero-order chi connectivity index (χ0) is 12.6. The minimum atomic E-state index is -0.254. The molecule has 100 valence electrons. The Morgan fingerprint density at radius 2 is 1.82 bits per heavy atom. The van der Waals surface area contributed by atoms with Crippen molar-refractivity contribution in [3.05, 3.63) is 0 Å². The second-order valence-corrected chi connectivity index (χ2v) is 7.74. The van der Waals surface area contributed by atoms with Crippen LogP contribution in [0.1, 0.15) is 39.5 Å². The smallest absolute Gasteiger partial charge is 0.370 e. The average molecular weight is 384 g/mol. The van der Waals surface area contributed by atoms with Gasteiger partial charge in [0.25, 0.3) is 4.58 Å². The molecule has 0 aromatic carbocycles. The summed E-state index contributed by atoms with van der Waals surface area (Å²) in [6, 6.07) is 0. The molecule has 0 saturated heterocycles. The second kappa shape index (κ2) is 12.0. The molecule has 1 atom stereocenters.